The minimum atomic E-state index is -0.338. The summed E-state index contributed by atoms with van der Waals surface area (Å²) >= 11 is 5.88. The normalized spacial score (nSPS) is 10.2. The molecule has 0 saturated carbocycles. The molecule has 0 aliphatic carbocycles. The number of carbonyl (C=O) groups excluding carboxylic acids is 2. The van der Waals surface area contributed by atoms with E-state index < -0.39 is 0 Å². The molecule has 7 nitrogen and oxygen atoms in total. The van der Waals surface area contributed by atoms with Gasteiger partial charge in [0.15, 0.2) is 18.1 Å². The molecule has 0 fully saturated rings. The zero-order chi connectivity index (χ0) is 21.2. The van der Waals surface area contributed by atoms with Crippen molar-refractivity contribution in [2.75, 3.05) is 38.7 Å². The first kappa shape index (κ1) is 22.4. The fourth-order valence-electron chi connectivity index (χ4n) is 2.45. The Labute approximate surface area is 175 Å². The quantitative estimate of drug-likeness (QED) is 0.635. The van der Waals surface area contributed by atoms with E-state index in [-0.39, 0.29) is 25.0 Å². The van der Waals surface area contributed by atoms with Crippen molar-refractivity contribution in [3.05, 3.63) is 47.5 Å². The van der Waals surface area contributed by atoms with Gasteiger partial charge in [-0.1, -0.05) is 17.7 Å². The van der Waals surface area contributed by atoms with E-state index in [1.807, 2.05) is 13.8 Å². The highest BCUT2D eigenvalue weighted by Gasteiger charge is 2.15. The van der Waals surface area contributed by atoms with Crippen LogP contribution >= 0.6 is 11.6 Å². The van der Waals surface area contributed by atoms with E-state index in [0.717, 1.165) is 0 Å². The van der Waals surface area contributed by atoms with Gasteiger partial charge in [-0.25, -0.2) is 0 Å². The molecule has 0 heterocycles. The van der Waals surface area contributed by atoms with E-state index >= 15 is 0 Å². The van der Waals surface area contributed by atoms with Crippen LogP contribution in [0.2, 0.25) is 5.02 Å². The molecule has 0 bridgehead atoms. The molecule has 156 valence electrons. The fourth-order valence-corrected chi connectivity index (χ4v) is 2.63. The van der Waals surface area contributed by atoms with Crippen LogP contribution in [0.3, 0.4) is 0 Å². The molecule has 2 amide bonds. The number of carbonyl (C=O) groups is 2. The van der Waals surface area contributed by atoms with E-state index in [0.29, 0.717) is 41.2 Å². The number of rotatable bonds is 10. The number of anilines is 1. The van der Waals surface area contributed by atoms with Crippen LogP contribution < -0.4 is 19.5 Å². The number of halogens is 1. The summed E-state index contributed by atoms with van der Waals surface area (Å²) < 4.78 is 16.5. The molecule has 0 spiro atoms. The Hall–Kier alpha value is -2.93. The lowest BCUT2D eigenvalue weighted by Gasteiger charge is -2.18. The Morgan fingerprint density at radius 2 is 1.72 bits per heavy atom. The van der Waals surface area contributed by atoms with Gasteiger partial charge in [-0.2, -0.15) is 0 Å². The third-order valence-electron chi connectivity index (χ3n) is 3.79. The second-order valence-corrected chi connectivity index (χ2v) is 6.51. The number of nitrogens with one attached hydrogen (secondary N) is 1. The maximum Gasteiger partial charge on any atom is 0.260 e. The van der Waals surface area contributed by atoms with Crippen LogP contribution in [0.5, 0.6) is 17.2 Å². The van der Waals surface area contributed by atoms with E-state index in [4.69, 9.17) is 25.8 Å². The molecule has 0 atom stereocenters. The fraction of sp³-hybridized carbons (Fsp3) is 0.333. The van der Waals surface area contributed by atoms with E-state index in [9.17, 15) is 9.59 Å². The highest BCUT2D eigenvalue weighted by atomic mass is 35.5. The van der Waals surface area contributed by atoms with Crippen LogP contribution in [-0.2, 0) is 9.59 Å². The van der Waals surface area contributed by atoms with Crippen LogP contribution in [0.25, 0.3) is 0 Å². The Bertz CT molecular complexity index is 844. The standard InChI is InChI=1S/C21H25ClN2O5/c1-4-27-18-10-9-16(12-19(18)28-5-2)23-20(25)13-24(3)21(26)14-29-17-8-6-7-15(22)11-17/h6-12H,4-5,13-14H2,1-3H3,(H,23,25). The SMILES string of the molecule is CCOc1ccc(NC(=O)CN(C)C(=O)COc2cccc(Cl)c2)cc1OCC. The number of nitrogens with zero attached hydrogens (tertiary/aromatic N) is 1. The number of hydrogen-bond acceptors (Lipinski definition) is 5. The smallest absolute Gasteiger partial charge is 0.260 e. The Morgan fingerprint density at radius 1 is 1.00 bits per heavy atom. The van der Waals surface area contributed by atoms with Crippen LogP contribution in [0.4, 0.5) is 5.69 Å². The van der Waals surface area contributed by atoms with Crippen molar-refractivity contribution in [2.24, 2.45) is 0 Å². The van der Waals surface area contributed by atoms with Crippen molar-refractivity contribution in [3.63, 3.8) is 0 Å². The molecule has 0 aromatic heterocycles. The minimum absolute atomic E-state index is 0.116. The number of amides is 2. The third kappa shape index (κ3) is 7.19. The van der Waals surface area contributed by atoms with Crippen LogP contribution in [0, 0.1) is 0 Å². The average molecular weight is 421 g/mol. The molecule has 2 aromatic carbocycles. The molecule has 1 N–H and O–H groups in total. The van der Waals surface area contributed by atoms with Gasteiger partial charge in [0, 0.05) is 23.8 Å². The predicted octanol–water partition coefficient (Wildman–Crippen LogP) is 3.61. The molecule has 0 saturated heterocycles. The summed E-state index contributed by atoms with van der Waals surface area (Å²) in [4.78, 5) is 25.8. The van der Waals surface area contributed by atoms with Gasteiger partial charge in [0.05, 0.1) is 19.8 Å². The summed E-state index contributed by atoms with van der Waals surface area (Å²) in [6.07, 6.45) is 0. The highest BCUT2D eigenvalue weighted by Crippen LogP contribution is 2.30. The maximum absolute atomic E-state index is 12.3. The first-order valence-electron chi connectivity index (χ1n) is 9.24. The van der Waals surface area contributed by atoms with Crippen LogP contribution in [0.1, 0.15) is 13.8 Å². The van der Waals surface area contributed by atoms with Crippen LogP contribution in [0.15, 0.2) is 42.5 Å². The molecule has 0 aliphatic heterocycles. The van der Waals surface area contributed by atoms with Gasteiger partial charge in [0.2, 0.25) is 5.91 Å². The number of likely N-dealkylation sites (N-methyl/N-ethyl adjacent to an activating group) is 1. The average Bonchev–Trinajstić information content (AvgIpc) is 2.68. The van der Waals surface area contributed by atoms with Crippen molar-refractivity contribution in [3.8, 4) is 17.2 Å². The van der Waals surface area contributed by atoms with Gasteiger partial charge in [0.25, 0.3) is 5.91 Å². The van der Waals surface area contributed by atoms with Crippen molar-refractivity contribution in [1.29, 1.82) is 0 Å². The van der Waals surface area contributed by atoms with Gasteiger partial charge < -0.3 is 24.4 Å². The highest BCUT2D eigenvalue weighted by molar-refractivity contribution is 6.30. The molecule has 2 rings (SSSR count). The van der Waals surface area contributed by atoms with E-state index in [2.05, 4.69) is 5.32 Å². The van der Waals surface area contributed by atoms with E-state index in [1.54, 1.807) is 42.5 Å². The van der Waals surface area contributed by atoms with Gasteiger partial charge >= 0.3 is 0 Å². The summed E-state index contributed by atoms with van der Waals surface area (Å²) in [7, 11) is 1.53. The van der Waals surface area contributed by atoms with Gasteiger partial charge in [0.1, 0.15) is 5.75 Å². The minimum Gasteiger partial charge on any atom is -0.490 e. The summed E-state index contributed by atoms with van der Waals surface area (Å²) in [5.74, 6) is 0.975. The van der Waals surface area contributed by atoms with Crippen molar-refractivity contribution < 1.29 is 23.8 Å². The summed E-state index contributed by atoms with van der Waals surface area (Å²) in [6, 6.07) is 11.9. The lowest BCUT2D eigenvalue weighted by atomic mass is 10.2. The Balaban J connectivity index is 1.88. The molecular weight excluding hydrogens is 396 g/mol. The van der Waals surface area contributed by atoms with Crippen LogP contribution in [-0.4, -0.2) is 50.1 Å². The number of ether oxygens (including phenoxy) is 3. The number of hydrogen-bond donors (Lipinski definition) is 1. The predicted molar refractivity (Wildman–Crippen MR) is 112 cm³/mol. The lowest BCUT2D eigenvalue weighted by molar-refractivity contribution is -0.135. The number of benzene rings is 2. The van der Waals surface area contributed by atoms with Gasteiger partial charge in [-0.05, 0) is 44.2 Å². The molecule has 8 heteroatoms. The Morgan fingerprint density at radius 3 is 2.41 bits per heavy atom. The summed E-state index contributed by atoms with van der Waals surface area (Å²) in [6.45, 7) is 4.43. The largest absolute Gasteiger partial charge is 0.490 e. The first-order chi connectivity index (χ1) is 13.9. The zero-order valence-corrected chi connectivity index (χ0v) is 17.5. The lowest BCUT2D eigenvalue weighted by Crippen LogP contribution is -2.37. The van der Waals surface area contributed by atoms with Crippen molar-refractivity contribution >= 4 is 29.1 Å². The summed E-state index contributed by atoms with van der Waals surface area (Å²) in [5, 5.41) is 3.27. The molecule has 29 heavy (non-hydrogen) atoms. The molecular formula is C21H25ClN2O5. The monoisotopic (exact) mass is 420 g/mol. The van der Waals surface area contributed by atoms with Gasteiger partial charge in [-0.15, -0.1) is 0 Å². The van der Waals surface area contributed by atoms with Gasteiger partial charge in [-0.3, -0.25) is 9.59 Å². The zero-order valence-electron chi connectivity index (χ0n) is 16.7. The first-order valence-corrected chi connectivity index (χ1v) is 9.62. The van der Waals surface area contributed by atoms with Crippen molar-refractivity contribution in [1.82, 2.24) is 4.90 Å². The van der Waals surface area contributed by atoms with Crippen molar-refractivity contribution in [2.45, 2.75) is 13.8 Å². The molecule has 2 aromatic rings. The van der Waals surface area contributed by atoms with E-state index in [1.165, 1.54) is 11.9 Å². The molecule has 0 radical (unpaired) electrons. The second-order valence-electron chi connectivity index (χ2n) is 6.07. The topological polar surface area (TPSA) is 77.1 Å². The molecule has 0 unspecified atom stereocenters. The maximum atomic E-state index is 12.3. The Kier molecular flexibility index (Phi) is 8.61. The summed E-state index contributed by atoms with van der Waals surface area (Å²) in [5.41, 5.74) is 0.554. The third-order valence-corrected chi connectivity index (χ3v) is 4.03. The molecule has 0 aliphatic rings. The second kappa shape index (κ2) is 11.2.